The van der Waals surface area contributed by atoms with Crippen LogP contribution in [0.2, 0.25) is 0 Å². The van der Waals surface area contributed by atoms with Gasteiger partial charge in [-0.05, 0) is 29.8 Å². The van der Waals surface area contributed by atoms with Crippen LogP contribution in [0.25, 0.3) is 27.8 Å². The second-order valence-corrected chi connectivity index (χ2v) is 10.5. The number of hydrogen-bond donors (Lipinski definition) is 1. The third-order valence-electron chi connectivity index (χ3n) is 7.83. The number of hydrogen-bond acceptors (Lipinski definition) is 6. The lowest BCUT2D eigenvalue weighted by Gasteiger charge is -2.30. The monoisotopic (exact) mass is 557 g/mol. The van der Waals surface area contributed by atoms with Gasteiger partial charge in [0.15, 0.2) is 5.78 Å². The highest BCUT2D eigenvalue weighted by Gasteiger charge is 2.38. The van der Waals surface area contributed by atoms with Crippen LogP contribution in [0, 0.1) is 11.3 Å². The van der Waals surface area contributed by atoms with E-state index >= 15 is 0 Å². The lowest BCUT2D eigenvalue weighted by molar-refractivity contribution is -0.112. The summed E-state index contributed by atoms with van der Waals surface area (Å²) < 4.78 is 37.3. The van der Waals surface area contributed by atoms with Crippen molar-refractivity contribution in [1.29, 1.82) is 5.26 Å². The summed E-state index contributed by atoms with van der Waals surface area (Å²) in [5, 5.41) is 13.9. The molecule has 0 unspecified atom stereocenters. The number of nitrogens with one attached hydrogen (secondary N) is 1. The highest BCUT2D eigenvalue weighted by atomic mass is 19.3. The Balaban J connectivity index is 1.32. The third-order valence-corrected chi connectivity index (χ3v) is 7.83. The molecule has 208 valence electrons. The molecule has 41 heavy (non-hydrogen) atoms. The first-order chi connectivity index (χ1) is 19.8. The number of nitrogens with zero attached hydrogens (tertiary/aromatic N) is 6. The van der Waals surface area contributed by atoms with Crippen LogP contribution in [0.4, 0.5) is 13.6 Å². The van der Waals surface area contributed by atoms with Gasteiger partial charge in [0.2, 0.25) is 0 Å². The van der Waals surface area contributed by atoms with Crippen LogP contribution in [0.15, 0.2) is 48.9 Å². The van der Waals surface area contributed by atoms with Crippen LogP contribution in [-0.4, -0.2) is 80.9 Å². The molecule has 0 aliphatic carbocycles. The van der Waals surface area contributed by atoms with Gasteiger partial charge in [0.25, 0.3) is 5.92 Å². The first-order valence-electron chi connectivity index (χ1n) is 13.3. The maximum absolute atomic E-state index is 14.2. The molecule has 3 aromatic heterocycles. The fourth-order valence-electron chi connectivity index (χ4n) is 6.03. The minimum atomic E-state index is -3.12. The van der Waals surface area contributed by atoms with Gasteiger partial charge >= 0.3 is 6.03 Å². The second-order valence-electron chi connectivity index (χ2n) is 10.5. The number of nitriles is 1. The number of amides is 2. The number of carbonyl (C=O) groups is 2. The van der Waals surface area contributed by atoms with Crippen LogP contribution < -0.4 is 5.32 Å². The normalized spacial score (nSPS) is 18.9. The summed E-state index contributed by atoms with van der Waals surface area (Å²) >= 11 is 0. The Bertz CT molecular complexity index is 1820. The van der Waals surface area contributed by atoms with E-state index in [0.29, 0.717) is 29.1 Å². The van der Waals surface area contributed by atoms with E-state index in [9.17, 15) is 23.6 Å². The molecule has 10 nitrogen and oxygen atoms in total. The zero-order valence-electron chi connectivity index (χ0n) is 21.9. The van der Waals surface area contributed by atoms with Crippen LogP contribution in [0.5, 0.6) is 0 Å². The van der Waals surface area contributed by atoms with Crippen molar-refractivity contribution < 1.29 is 23.1 Å². The highest BCUT2D eigenvalue weighted by Crippen LogP contribution is 2.37. The molecule has 0 bridgehead atoms. The van der Waals surface area contributed by atoms with E-state index in [2.05, 4.69) is 16.4 Å². The van der Waals surface area contributed by atoms with Crippen molar-refractivity contribution in [3.8, 4) is 6.07 Å². The number of benzene rings is 1. The molecule has 0 atom stereocenters. The molecular weight excluding hydrogens is 532 g/mol. The molecule has 2 amide bonds. The number of fused-ring (bicyclic) bond motifs is 1. The van der Waals surface area contributed by atoms with Crippen molar-refractivity contribution in [3.05, 3.63) is 71.3 Å². The maximum atomic E-state index is 14.2. The van der Waals surface area contributed by atoms with Gasteiger partial charge in [-0.1, -0.05) is 6.07 Å². The number of ether oxygens (including phenoxy) is 1. The van der Waals surface area contributed by atoms with E-state index in [1.807, 2.05) is 39.6 Å². The number of alkyl halides is 2. The summed E-state index contributed by atoms with van der Waals surface area (Å²) in [5.41, 5.74) is 5.31. The van der Waals surface area contributed by atoms with Crippen molar-refractivity contribution in [1.82, 2.24) is 29.1 Å². The Kier molecular flexibility index (Phi) is 5.79. The van der Waals surface area contributed by atoms with Gasteiger partial charge in [-0.3, -0.25) is 9.20 Å². The Hall–Kier alpha value is -4.76. The Morgan fingerprint density at radius 1 is 1.17 bits per heavy atom. The predicted molar refractivity (Wildman–Crippen MR) is 145 cm³/mol. The largest absolute Gasteiger partial charge is 0.376 e. The first kappa shape index (κ1) is 25.2. The average Bonchev–Trinajstić information content (AvgIpc) is 3.58. The van der Waals surface area contributed by atoms with Gasteiger partial charge < -0.3 is 24.4 Å². The molecule has 1 aromatic carbocycles. The van der Waals surface area contributed by atoms with Crippen LogP contribution in [0.1, 0.15) is 22.4 Å². The zero-order valence-corrected chi connectivity index (χ0v) is 21.9. The Morgan fingerprint density at radius 2 is 2.05 bits per heavy atom. The molecular formula is C29H25F2N7O3. The standard InChI is InChI=1S/C29H25F2N7O3/c30-29(31)16-37(7-8-41-17-29)28(40)36-6-5-35-15-21(20-10-18(11-32)9-19(14-36)27(20)35)26-25(23(39)13-34-26)22-12-33-24-3-1-2-4-38(22)24/h1-4,9-10,12,15,34H,5-8,13-14,16-17H2. The Labute approximate surface area is 233 Å². The van der Waals surface area contributed by atoms with E-state index in [0.717, 1.165) is 32.6 Å². The quantitative estimate of drug-likeness (QED) is 0.406. The van der Waals surface area contributed by atoms with Crippen LogP contribution in [-0.2, 0) is 22.6 Å². The van der Waals surface area contributed by atoms with E-state index in [1.54, 1.807) is 23.2 Å². The summed E-state index contributed by atoms with van der Waals surface area (Å²) in [6.07, 6.45) is 5.48. The SMILES string of the molecule is N#Cc1cc2c3c(c1)c(C1=C(c4cnc5ccccn45)C(=O)CN1)cn3CCN(C(=O)N1CCOCC(F)(F)C1)C2. The topological polar surface area (TPSA) is 108 Å². The molecule has 12 heteroatoms. The molecule has 0 spiro atoms. The smallest absolute Gasteiger partial charge is 0.320 e. The number of Topliss-reactive ketones (excluding diaryl/α,β-unsaturated/α-hetero) is 1. The van der Waals surface area contributed by atoms with E-state index in [1.165, 1.54) is 0 Å². The minimum absolute atomic E-state index is 0.0440. The fraction of sp³-hybridized carbons (Fsp3) is 0.310. The van der Waals surface area contributed by atoms with E-state index < -0.39 is 25.1 Å². The van der Waals surface area contributed by atoms with Gasteiger partial charge in [-0.15, -0.1) is 0 Å². The maximum Gasteiger partial charge on any atom is 0.320 e. The lowest BCUT2D eigenvalue weighted by atomic mass is 10.00. The number of carbonyl (C=O) groups excluding carboxylic acids is 2. The number of halogens is 2. The molecule has 0 saturated carbocycles. The average molecular weight is 558 g/mol. The number of ketones is 1. The Morgan fingerprint density at radius 3 is 2.90 bits per heavy atom. The number of rotatable bonds is 2. The summed E-state index contributed by atoms with van der Waals surface area (Å²) in [5.74, 6) is -3.19. The van der Waals surface area contributed by atoms with Gasteiger partial charge in [0.1, 0.15) is 12.3 Å². The molecule has 4 aromatic rings. The minimum Gasteiger partial charge on any atom is -0.376 e. The van der Waals surface area contributed by atoms with Gasteiger partial charge in [0.05, 0.1) is 60.0 Å². The van der Waals surface area contributed by atoms with E-state index in [4.69, 9.17) is 4.74 Å². The van der Waals surface area contributed by atoms with E-state index in [-0.39, 0.29) is 38.6 Å². The van der Waals surface area contributed by atoms with Gasteiger partial charge in [-0.2, -0.15) is 5.26 Å². The molecule has 3 aliphatic rings. The molecule has 6 heterocycles. The van der Waals surface area contributed by atoms with Crippen molar-refractivity contribution >= 4 is 39.6 Å². The molecule has 7 rings (SSSR count). The summed E-state index contributed by atoms with van der Waals surface area (Å²) in [7, 11) is 0. The number of aromatic nitrogens is 3. The molecule has 1 saturated heterocycles. The molecule has 1 N–H and O–H groups in total. The number of urea groups is 1. The van der Waals surface area contributed by atoms with Crippen molar-refractivity contribution in [3.63, 3.8) is 0 Å². The van der Waals surface area contributed by atoms with Crippen molar-refractivity contribution in [2.24, 2.45) is 0 Å². The summed E-state index contributed by atoms with van der Waals surface area (Å²) in [6.45, 7) is -0.304. The van der Waals surface area contributed by atoms with Gasteiger partial charge in [0, 0.05) is 49.5 Å². The zero-order chi connectivity index (χ0) is 28.3. The lowest BCUT2D eigenvalue weighted by Crippen LogP contribution is -2.48. The number of pyridine rings is 1. The third kappa shape index (κ3) is 4.20. The number of imidazole rings is 1. The van der Waals surface area contributed by atoms with Crippen LogP contribution >= 0.6 is 0 Å². The summed E-state index contributed by atoms with van der Waals surface area (Å²) in [4.78, 5) is 33.7. The van der Waals surface area contributed by atoms with Crippen molar-refractivity contribution in [2.45, 2.75) is 19.0 Å². The fourth-order valence-corrected chi connectivity index (χ4v) is 6.03. The van der Waals surface area contributed by atoms with Crippen molar-refractivity contribution in [2.75, 3.05) is 39.4 Å². The molecule has 1 fully saturated rings. The highest BCUT2D eigenvalue weighted by molar-refractivity contribution is 6.32. The van der Waals surface area contributed by atoms with Crippen LogP contribution in [0.3, 0.4) is 0 Å². The molecule has 3 aliphatic heterocycles. The second kappa shape index (κ2) is 9.42. The first-order valence-corrected chi connectivity index (χ1v) is 13.3. The summed E-state index contributed by atoms with van der Waals surface area (Å²) in [6, 6.07) is 10.9. The van der Waals surface area contributed by atoms with Gasteiger partial charge in [-0.25, -0.2) is 18.6 Å². The molecule has 0 radical (unpaired) electrons. The predicted octanol–water partition coefficient (Wildman–Crippen LogP) is 3.10.